The van der Waals surface area contributed by atoms with Crippen molar-refractivity contribution < 1.29 is 14.3 Å². The first kappa shape index (κ1) is 20.0. The summed E-state index contributed by atoms with van der Waals surface area (Å²) in [5.41, 5.74) is 1.09. The Hall–Kier alpha value is -2.28. The van der Waals surface area contributed by atoms with Crippen molar-refractivity contribution in [1.29, 1.82) is 0 Å². The molecule has 1 atom stereocenters. The van der Waals surface area contributed by atoms with Crippen molar-refractivity contribution >= 4 is 17.6 Å². The number of rotatable bonds is 7. The van der Waals surface area contributed by atoms with E-state index in [1.807, 2.05) is 39.0 Å². The van der Waals surface area contributed by atoms with E-state index in [0.717, 1.165) is 44.0 Å². The second-order valence-corrected chi connectivity index (χ2v) is 6.49. The highest BCUT2D eigenvalue weighted by atomic mass is 16.5. The van der Waals surface area contributed by atoms with Crippen molar-refractivity contribution in [3.8, 4) is 5.75 Å². The van der Waals surface area contributed by atoms with Crippen LogP contribution in [-0.2, 0) is 4.79 Å². The highest BCUT2D eigenvalue weighted by molar-refractivity contribution is 5.95. The average molecular weight is 362 g/mol. The molecule has 0 spiro atoms. The monoisotopic (exact) mass is 362 g/mol. The molecule has 2 N–H and O–H groups in total. The van der Waals surface area contributed by atoms with Crippen LogP contribution in [0.3, 0.4) is 0 Å². The van der Waals surface area contributed by atoms with Crippen LogP contribution in [0.4, 0.5) is 10.5 Å². The van der Waals surface area contributed by atoms with Gasteiger partial charge >= 0.3 is 6.03 Å². The molecule has 0 radical (unpaired) electrons. The Morgan fingerprint density at radius 1 is 1.15 bits per heavy atom. The molecule has 0 unspecified atom stereocenters. The summed E-state index contributed by atoms with van der Waals surface area (Å²) in [5, 5.41) is 5.13. The van der Waals surface area contributed by atoms with E-state index in [9.17, 15) is 9.59 Å². The molecule has 1 aromatic rings. The van der Waals surface area contributed by atoms with Gasteiger partial charge in [-0.15, -0.1) is 0 Å². The molecule has 1 aliphatic heterocycles. The highest BCUT2D eigenvalue weighted by Gasteiger charge is 2.21. The van der Waals surface area contributed by atoms with Crippen LogP contribution in [0.15, 0.2) is 24.3 Å². The van der Waals surface area contributed by atoms with Crippen molar-refractivity contribution in [2.24, 2.45) is 0 Å². The molecule has 144 valence electrons. The number of anilines is 1. The third-order valence-electron chi connectivity index (χ3n) is 4.49. The minimum Gasteiger partial charge on any atom is -0.492 e. The van der Waals surface area contributed by atoms with E-state index in [-0.39, 0.29) is 18.5 Å². The van der Waals surface area contributed by atoms with Gasteiger partial charge < -0.3 is 15.0 Å². The molecule has 26 heavy (non-hydrogen) atoms. The van der Waals surface area contributed by atoms with E-state index in [1.54, 1.807) is 0 Å². The second-order valence-electron chi connectivity index (χ2n) is 6.49. The van der Waals surface area contributed by atoms with Gasteiger partial charge in [0.05, 0.1) is 18.8 Å². The SMILES string of the molecule is CCOc1ccccc1N1CCN(CC(=O)NC(=O)N[C@@H](C)CC)CC1. The van der Waals surface area contributed by atoms with Crippen molar-refractivity contribution in [2.45, 2.75) is 33.2 Å². The largest absolute Gasteiger partial charge is 0.492 e. The zero-order valence-corrected chi connectivity index (χ0v) is 16.0. The van der Waals surface area contributed by atoms with E-state index in [0.29, 0.717) is 6.61 Å². The Morgan fingerprint density at radius 3 is 2.50 bits per heavy atom. The quantitative estimate of drug-likeness (QED) is 0.774. The summed E-state index contributed by atoms with van der Waals surface area (Å²) in [7, 11) is 0. The van der Waals surface area contributed by atoms with Crippen LogP contribution in [0.1, 0.15) is 27.2 Å². The molecule has 0 saturated carbocycles. The van der Waals surface area contributed by atoms with Gasteiger partial charge in [0.25, 0.3) is 0 Å². The minimum atomic E-state index is -0.423. The molecule has 1 aromatic carbocycles. The molecule has 2 rings (SSSR count). The number of nitrogens with one attached hydrogen (secondary N) is 2. The number of nitrogens with zero attached hydrogens (tertiary/aromatic N) is 2. The first-order chi connectivity index (χ1) is 12.5. The highest BCUT2D eigenvalue weighted by Crippen LogP contribution is 2.28. The zero-order chi connectivity index (χ0) is 18.9. The van der Waals surface area contributed by atoms with Crippen LogP contribution in [0, 0.1) is 0 Å². The van der Waals surface area contributed by atoms with Gasteiger partial charge in [-0.2, -0.15) is 0 Å². The summed E-state index contributed by atoms with van der Waals surface area (Å²) in [6.45, 7) is 9.89. The number of amides is 3. The smallest absolute Gasteiger partial charge is 0.321 e. The van der Waals surface area contributed by atoms with E-state index in [2.05, 4.69) is 26.5 Å². The number of para-hydroxylation sites is 2. The van der Waals surface area contributed by atoms with Crippen molar-refractivity contribution in [3.05, 3.63) is 24.3 Å². The Kier molecular flexibility index (Phi) is 7.72. The van der Waals surface area contributed by atoms with Crippen molar-refractivity contribution in [3.63, 3.8) is 0 Å². The normalized spacial score (nSPS) is 16.0. The number of hydrogen-bond donors (Lipinski definition) is 2. The van der Waals surface area contributed by atoms with Crippen LogP contribution in [0.5, 0.6) is 5.75 Å². The molecule has 1 heterocycles. The number of hydrogen-bond acceptors (Lipinski definition) is 5. The minimum absolute atomic E-state index is 0.0525. The number of piperazine rings is 1. The fourth-order valence-corrected chi connectivity index (χ4v) is 2.87. The van der Waals surface area contributed by atoms with Crippen LogP contribution in [-0.4, -0.2) is 62.2 Å². The molecule has 0 bridgehead atoms. The number of benzene rings is 1. The molecular formula is C19H30N4O3. The van der Waals surface area contributed by atoms with Gasteiger partial charge in [-0.25, -0.2) is 4.79 Å². The summed E-state index contributed by atoms with van der Waals surface area (Å²) >= 11 is 0. The number of carbonyl (C=O) groups excluding carboxylic acids is 2. The first-order valence-corrected chi connectivity index (χ1v) is 9.33. The van der Waals surface area contributed by atoms with Crippen LogP contribution in [0.25, 0.3) is 0 Å². The maximum absolute atomic E-state index is 12.0. The second kappa shape index (κ2) is 10.0. The van der Waals surface area contributed by atoms with E-state index in [4.69, 9.17) is 4.74 Å². The van der Waals surface area contributed by atoms with Gasteiger partial charge in [0.2, 0.25) is 5.91 Å². The van der Waals surface area contributed by atoms with Gasteiger partial charge in [0, 0.05) is 32.2 Å². The lowest BCUT2D eigenvalue weighted by atomic mass is 10.2. The fourth-order valence-electron chi connectivity index (χ4n) is 2.87. The van der Waals surface area contributed by atoms with Gasteiger partial charge in [0.15, 0.2) is 0 Å². The molecule has 7 nitrogen and oxygen atoms in total. The zero-order valence-electron chi connectivity index (χ0n) is 16.0. The average Bonchev–Trinajstić information content (AvgIpc) is 2.63. The van der Waals surface area contributed by atoms with Gasteiger partial charge in [-0.3, -0.25) is 15.0 Å². The van der Waals surface area contributed by atoms with Crippen molar-refractivity contribution in [2.75, 3.05) is 44.2 Å². The van der Waals surface area contributed by atoms with Crippen LogP contribution >= 0.6 is 0 Å². The van der Waals surface area contributed by atoms with Gasteiger partial charge in [-0.05, 0) is 32.4 Å². The van der Waals surface area contributed by atoms with Crippen LogP contribution < -0.4 is 20.3 Å². The third kappa shape index (κ3) is 5.91. The maximum Gasteiger partial charge on any atom is 0.321 e. The predicted octanol–water partition coefficient (Wildman–Crippen LogP) is 1.83. The Bertz CT molecular complexity index is 600. The summed E-state index contributed by atoms with van der Waals surface area (Å²) in [6, 6.07) is 7.65. The Morgan fingerprint density at radius 2 is 1.85 bits per heavy atom. The molecular weight excluding hydrogens is 332 g/mol. The summed E-state index contributed by atoms with van der Waals surface area (Å²) in [5.74, 6) is 0.622. The lowest BCUT2D eigenvalue weighted by molar-refractivity contribution is -0.121. The predicted molar refractivity (Wildman–Crippen MR) is 103 cm³/mol. The molecule has 7 heteroatoms. The Balaban J connectivity index is 1.80. The summed E-state index contributed by atoms with van der Waals surface area (Å²) < 4.78 is 5.70. The standard InChI is InChI=1S/C19H30N4O3/c1-4-15(3)20-19(25)21-18(24)14-22-10-12-23(13-11-22)16-8-6-7-9-17(16)26-5-2/h6-9,15H,4-5,10-14H2,1-3H3,(H2,20,21,24,25)/t15-/m0/s1. The number of urea groups is 1. The van der Waals surface area contributed by atoms with Gasteiger partial charge in [-0.1, -0.05) is 19.1 Å². The molecule has 0 aromatic heterocycles. The molecule has 3 amide bonds. The topological polar surface area (TPSA) is 73.9 Å². The summed E-state index contributed by atoms with van der Waals surface area (Å²) in [4.78, 5) is 28.1. The fraction of sp³-hybridized carbons (Fsp3) is 0.579. The molecule has 1 fully saturated rings. The van der Waals surface area contributed by atoms with Gasteiger partial charge in [0.1, 0.15) is 5.75 Å². The van der Waals surface area contributed by atoms with Crippen molar-refractivity contribution in [1.82, 2.24) is 15.5 Å². The third-order valence-corrected chi connectivity index (χ3v) is 4.49. The first-order valence-electron chi connectivity index (χ1n) is 9.33. The maximum atomic E-state index is 12.0. The molecule has 1 aliphatic rings. The lowest BCUT2D eigenvalue weighted by Crippen LogP contribution is -2.51. The number of ether oxygens (including phenoxy) is 1. The van der Waals surface area contributed by atoms with E-state index < -0.39 is 6.03 Å². The molecule has 0 aliphatic carbocycles. The Labute approximate surface area is 155 Å². The van der Waals surface area contributed by atoms with Crippen LogP contribution in [0.2, 0.25) is 0 Å². The van der Waals surface area contributed by atoms with E-state index in [1.165, 1.54) is 0 Å². The van der Waals surface area contributed by atoms with E-state index >= 15 is 0 Å². The lowest BCUT2D eigenvalue weighted by Gasteiger charge is -2.36. The summed E-state index contributed by atoms with van der Waals surface area (Å²) in [6.07, 6.45) is 0.826. The number of carbonyl (C=O) groups is 2. The number of imide groups is 1. The molecule has 1 saturated heterocycles.